The number of ether oxygens (including phenoxy) is 1. The SMILES string of the molecule is COc1cc(F)cnc1N(C)C(=O)CNC(=O)c1ncc(C)c(-c2ccc(P)cc2)n1. The lowest BCUT2D eigenvalue weighted by atomic mass is 10.1. The number of rotatable bonds is 6. The molecule has 2 amide bonds. The zero-order valence-electron chi connectivity index (χ0n) is 17.2. The normalized spacial score (nSPS) is 10.5. The molecule has 10 heteroatoms. The number of likely N-dealkylation sites (N-methyl/N-ethyl adjacent to an activating group) is 1. The Kier molecular flexibility index (Phi) is 6.87. The van der Waals surface area contributed by atoms with Crippen LogP contribution in [0, 0.1) is 12.7 Å². The molecule has 2 aromatic heterocycles. The second-order valence-electron chi connectivity index (χ2n) is 6.66. The van der Waals surface area contributed by atoms with Gasteiger partial charge in [-0.1, -0.05) is 24.3 Å². The van der Waals surface area contributed by atoms with Crippen LogP contribution in [0.4, 0.5) is 10.2 Å². The minimum Gasteiger partial charge on any atom is -0.493 e. The number of anilines is 1. The summed E-state index contributed by atoms with van der Waals surface area (Å²) in [4.78, 5) is 38.5. The van der Waals surface area contributed by atoms with E-state index in [-0.39, 0.29) is 23.9 Å². The summed E-state index contributed by atoms with van der Waals surface area (Å²) in [5.74, 6) is -1.48. The molecular weight excluding hydrogens is 420 g/mol. The number of aryl methyl sites for hydroxylation is 1. The zero-order chi connectivity index (χ0) is 22.5. The molecular formula is C21H21FN5O3P. The number of benzene rings is 1. The number of halogens is 1. The molecule has 0 saturated carbocycles. The maximum atomic E-state index is 13.3. The lowest BCUT2D eigenvalue weighted by molar-refractivity contribution is -0.117. The summed E-state index contributed by atoms with van der Waals surface area (Å²) < 4.78 is 18.4. The molecule has 0 radical (unpaired) electrons. The minimum atomic E-state index is -0.593. The fourth-order valence-electron chi connectivity index (χ4n) is 2.77. The Morgan fingerprint density at radius 3 is 2.58 bits per heavy atom. The first-order valence-corrected chi connectivity index (χ1v) is 9.81. The number of aromatic nitrogens is 3. The molecule has 1 unspecified atom stereocenters. The predicted molar refractivity (Wildman–Crippen MR) is 118 cm³/mol. The second kappa shape index (κ2) is 9.57. The Balaban J connectivity index is 1.71. The number of nitrogens with one attached hydrogen (secondary N) is 1. The van der Waals surface area contributed by atoms with E-state index in [0.29, 0.717) is 5.69 Å². The van der Waals surface area contributed by atoms with Gasteiger partial charge >= 0.3 is 0 Å². The summed E-state index contributed by atoms with van der Waals surface area (Å²) in [7, 11) is 5.41. The molecule has 3 aromatic rings. The first-order chi connectivity index (χ1) is 14.8. The monoisotopic (exact) mass is 441 g/mol. The molecule has 2 heterocycles. The molecule has 0 spiro atoms. The van der Waals surface area contributed by atoms with Crippen LogP contribution in [-0.2, 0) is 4.79 Å². The van der Waals surface area contributed by atoms with Crippen molar-refractivity contribution >= 4 is 32.2 Å². The molecule has 0 aliphatic carbocycles. The van der Waals surface area contributed by atoms with Gasteiger partial charge in [-0.2, -0.15) is 0 Å². The third kappa shape index (κ3) is 5.19. The molecule has 0 bridgehead atoms. The Morgan fingerprint density at radius 1 is 1.19 bits per heavy atom. The van der Waals surface area contributed by atoms with Crippen LogP contribution < -0.4 is 20.3 Å². The van der Waals surface area contributed by atoms with Crippen LogP contribution in [0.2, 0.25) is 0 Å². The Hall–Kier alpha value is -3.45. The van der Waals surface area contributed by atoms with Crippen LogP contribution >= 0.6 is 9.24 Å². The van der Waals surface area contributed by atoms with E-state index in [9.17, 15) is 14.0 Å². The van der Waals surface area contributed by atoms with Crippen molar-refractivity contribution in [2.45, 2.75) is 6.92 Å². The van der Waals surface area contributed by atoms with Gasteiger partial charge in [0, 0.05) is 24.9 Å². The first kappa shape index (κ1) is 22.2. The molecule has 0 aliphatic rings. The average Bonchev–Trinajstić information content (AvgIpc) is 2.77. The molecule has 0 fully saturated rings. The van der Waals surface area contributed by atoms with Gasteiger partial charge in [-0.3, -0.25) is 14.5 Å². The number of hydrogen-bond donors (Lipinski definition) is 1. The number of pyridine rings is 1. The number of carbonyl (C=O) groups is 2. The molecule has 8 nitrogen and oxygen atoms in total. The second-order valence-corrected chi connectivity index (χ2v) is 7.33. The van der Waals surface area contributed by atoms with Crippen LogP contribution in [0.15, 0.2) is 42.7 Å². The van der Waals surface area contributed by atoms with Crippen molar-refractivity contribution in [1.29, 1.82) is 0 Å². The quantitative estimate of drug-likeness (QED) is 0.587. The predicted octanol–water partition coefficient (Wildman–Crippen LogP) is 1.89. The number of carbonyl (C=O) groups excluding carboxylic acids is 2. The highest BCUT2D eigenvalue weighted by Crippen LogP contribution is 2.25. The van der Waals surface area contributed by atoms with E-state index < -0.39 is 17.6 Å². The molecule has 1 N–H and O–H groups in total. The van der Waals surface area contributed by atoms with Gasteiger partial charge in [-0.15, -0.1) is 9.24 Å². The number of hydrogen-bond acceptors (Lipinski definition) is 6. The lowest BCUT2D eigenvalue weighted by Gasteiger charge is -2.18. The summed E-state index contributed by atoms with van der Waals surface area (Å²) >= 11 is 0. The number of amides is 2. The molecule has 3 rings (SSSR count). The maximum Gasteiger partial charge on any atom is 0.289 e. The highest BCUT2D eigenvalue weighted by Gasteiger charge is 2.20. The van der Waals surface area contributed by atoms with Crippen LogP contribution in [0.3, 0.4) is 0 Å². The van der Waals surface area contributed by atoms with Crippen molar-refractivity contribution in [1.82, 2.24) is 20.3 Å². The van der Waals surface area contributed by atoms with E-state index in [2.05, 4.69) is 29.5 Å². The minimum absolute atomic E-state index is 0.0523. The summed E-state index contributed by atoms with van der Waals surface area (Å²) in [5, 5.41) is 3.54. The highest BCUT2D eigenvalue weighted by atomic mass is 31.0. The topological polar surface area (TPSA) is 97.3 Å². The van der Waals surface area contributed by atoms with Gasteiger partial charge in [0.1, 0.15) is 5.82 Å². The fraction of sp³-hybridized carbons (Fsp3) is 0.190. The Labute approximate surface area is 181 Å². The maximum absolute atomic E-state index is 13.3. The third-order valence-corrected chi connectivity index (χ3v) is 4.86. The highest BCUT2D eigenvalue weighted by molar-refractivity contribution is 7.27. The van der Waals surface area contributed by atoms with Crippen molar-refractivity contribution in [3.8, 4) is 17.0 Å². The molecule has 0 saturated heterocycles. The van der Waals surface area contributed by atoms with Gasteiger partial charge in [0.05, 0.1) is 25.5 Å². The molecule has 31 heavy (non-hydrogen) atoms. The standard InChI is InChI=1S/C21H21FN5O3P/c1-12-9-23-19(26-18(12)13-4-6-15(31)7-5-13)21(29)25-11-17(28)27(2)20-16(30-3)8-14(22)10-24-20/h4-10H,11,31H2,1-3H3,(H,25,29). The van der Waals surface area contributed by atoms with Gasteiger partial charge in [-0.25, -0.2) is 19.3 Å². The van der Waals surface area contributed by atoms with Gasteiger partial charge < -0.3 is 10.1 Å². The van der Waals surface area contributed by atoms with Gasteiger partial charge in [-0.05, 0) is 17.8 Å². The summed E-state index contributed by atoms with van der Waals surface area (Å²) in [6.07, 6.45) is 2.54. The Morgan fingerprint density at radius 2 is 1.90 bits per heavy atom. The zero-order valence-corrected chi connectivity index (χ0v) is 18.4. The van der Waals surface area contributed by atoms with Gasteiger partial charge in [0.25, 0.3) is 5.91 Å². The lowest BCUT2D eigenvalue weighted by Crippen LogP contribution is -2.39. The van der Waals surface area contributed by atoms with Crippen LogP contribution in [0.5, 0.6) is 5.75 Å². The summed E-state index contributed by atoms with van der Waals surface area (Å²) in [6.45, 7) is 1.53. The van der Waals surface area contributed by atoms with Gasteiger partial charge in [0.15, 0.2) is 11.6 Å². The number of nitrogens with zero attached hydrogens (tertiary/aromatic N) is 4. The van der Waals surface area contributed by atoms with E-state index in [0.717, 1.165) is 28.7 Å². The smallest absolute Gasteiger partial charge is 0.289 e. The average molecular weight is 441 g/mol. The summed E-state index contributed by atoms with van der Waals surface area (Å²) in [6, 6.07) is 8.78. The Bertz CT molecular complexity index is 1120. The van der Waals surface area contributed by atoms with Crippen molar-refractivity contribution < 1.29 is 18.7 Å². The molecule has 1 atom stereocenters. The largest absolute Gasteiger partial charge is 0.493 e. The van der Waals surface area contributed by atoms with E-state index in [4.69, 9.17) is 4.74 Å². The van der Waals surface area contributed by atoms with Crippen molar-refractivity contribution in [3.05, 3.63) is 59.9 Å². The summed E-state index contributed by atoms with van der Waals surface area (Å²) in [5.41, 5.74) is 2.30. The fourth-order valence-corrected chi connectivity index (χ4v) is 2.96. The molecule has 1 aromatic carbocycles. The van der Waals surface area contributed by atoms with E-state index in [1.807, 2.05) is 31.2 Å². The van der Waals surface area contributed by atoms with Crippen molar-refractivity contribution in [2.24, 2.45) is 0 Å². The molecule has 160 valence electrons. The molecule has 0 aliphatic heterocycles. The van der Waals surface area contributed by atoms with Crippen molar-refractivity contribution in [2.75, 3.05) is 25.6 Å². The third-order valence-electron chi connectivity index (χ3n) is 4.47. The van der Waals surface area contributed by atoms with E-state index >= 15 is 0 Å². The van der Waals surface area contributed by atoms with Crippen molar-refractivity contribution in [3.63, 3.8) is 0 Å². The van der Waals surface area contributed by atoms with Gasteiger partial charge in [0.2, 0.25) is 11.7 Å². The number of methoxy groups -OCH3 is 1. The first-order valence-electron chi connectivity index (χ1n) is 9.24. The van der Waals surface area contributed by atoms with Crippen LogP contribution in [-0.4, -0.2) is 47.5 Å². The van der Waals surface area contributed by atoms with Crippen LogP contribution in [0.1, 0.15) is 16.2 Å². The van der Waals surface area contributed by atoms with E-state index in [1.54, 1.807) is 6.20 Å². The van der Waals surface area contributed by atoms with Crippen LogP contribution in [0.25, 0.3) is 11.3 Å². The van der Waals surface area contributed by atoms with E-state index in [1.165, 1.54) is 19.1 Å².